The van der Waals surface area contributed by atoms with Crippen molar-refractivity contribution in [2.24, 2.45) is 0 Å². The third kappa shape index (κ3) is 3.12. The molecule has 4 rings (SSSR count). The summed E-state index contributed by atoms with van der Waals surface area (Å²) in [6.45, 7) is 0. The fourth-order valence-electron chi connectivity index (χ4n) is 3.39. The Bertz CT molecular complexity index is 1320. The van der Waals surface area contributed by atoms with Crippen LogP contribution in [0.2, 0.25) is 0 Å². The van der Waals surface area contributed by atoms with E-state index in [1.165, 1.54) is 0 Å². The lowest BCUT2D eigenvalue weighted by Gasteiger charge is -2.14. The number of nitrogens with zero attached hydrogens (tertiary/aromatic N) is 2. The summed E-state index contributed by atoms with van der Waals surface area (Å²) >= 11 is 0. The number of hydrogen-bond acceptors (Lipinski definition) is 5. The van der Waals surface area contributed by atoms with Gasteiger partial charge in [0.2, 0.25) is 0 Å². The Balaban J connectivity index is 2.25. The summed E-state index contributed by atoms with van der Waals surface area (Å²) in [5.74, 6) is 0. The van der Waals surface area contributed by atoms with Crippen molar-refractivity contribution < 1.29 is 9.85 Å². The maximum atomic E-state index is 12.8. The molecule has 8 nitrogen and oxygen atoms in total. The minimum Gasteiger partial charge on any atom is -0.321 e. The molecule has 1 N–H and O–H groups in total. The highest BCUT2D eigenvalue weighted by Crippen LogP contribution is 2.41. The van der Waals surface area contributed by atoms with Crippen LogP contribution in [-0.2, 0) is 0 Å². The molecule has 0 amide bonds. The van der Waals surface area contributed by atoms with Crippen LogP contribution in [0.15, 0.2) is 77.6 Å². The molecule has 0 aliphatic rings. The van der Waals surface area contributed by atoms with Crippen molar-refractivity contribution >= 4 is 22.1 Å². The molecule has 0 atom stereocenters. The van der Waals surface area contributed by atoms with E-state index in [0.717, 1.165) is 12.1 Å². The molecule has 1 aromatic heterocycles. The molecule has 0 unspecified atom stereocenters. The monoisotopic (exact) mass is 387 g/mol. The van der Waals surface area contributed by atoms with Gasteiger partial charge in [-0.25, -0.2) is 0 Å². The average Bonchev–Trinajstić information content (AvgIpc) is 2.74. The molecule has 0 aliphatic carbocycles. The van der Waals surface area contributed by atoms with Gasteiger partial charge in [0.25, 0.3) is 16.9 Å². The largest absolute Gasteiger partial charge is 0.321 e. The van der Waals surface area contributed by atoms with Crippen LogP contribution >= 0.6 is 0 Å². The zero-order valence-corrected chi connectivity index (χ0v) is 14.9. The second-order valence-electron chi connectivity index (χ2n) is 6.34. The number of aromatic nitrogens is 1. The molecule has 0 bridgehead atoms. The maximum absolute atomic E-state index is 12.8. The van der Waals surface area contributed by atoms with Crippen LogP contribution in [0.5, 0.6) is 0 Å². The first kappa shape index (κ1) is 18.1. The van der Waals surface area contributed by atoms with E-state index >= 15 is 0 Å². The van der Waals surface area contributed by atoms with Crippen molar-refractivity contribution in [1.29, 1.82) is 0 Å². The number of nitro benzene ring substituents is 2. The molecule has 0 radical (unpaired) electrons. The second kappa shape index (κ2) is 7.01. The zero-order chi connectivity index (χ0) is 20.5. The van der Waals surface area contributed by atoms with Crippen molar-refractivity contribution in [1.82, 2.24) is 4.98 Å². The van der Waals surface area contributed by atoms with Crippen LogP contribution < -0.4 is 5.56 Å². The summed E-state index contributed by atoms with van der Waals surface area (Å²) in [6, 6.07) is 19.8. The molecule has 4 aromatic rings. The van der Waals surface area contributed by atoms with Gasteiger partial charge in [-0.2, -0.15) is 0 Å². The van der Waals surface area contributed by atoms with E-state index in [1.54, 1.807) is 54.6 Å². The van der Waals surface area contributed by atoms with Gasteiger partial charge in [0.15, 0.2) is 0 Å². The number of pyridine rings is 1. The average molecular weight is 387 g/mol. The van der Waals surface area contributed by atoms with Crippen LogP contribution in [0, 0.1) is 20.2 Å². The Morgan fingerprint density at radius 3 is 1.90 bits per heavy atom. The van der Waals surface area contributed by atoms with Crippen LogP contribution in [-0.4, -0.2) is 14.8 Å². The first-order valence-electron chi connectivity index (χ1n) is 8.61. The molecule has 3 aromatic carbocycles. The van der Waals surface area contributed by atoms with Gasteiger partial charge in [0, 0.05) is 11.6 Å². The number of fused-ring (bicyclic) bond motifs is 1. The Kier molecular flexibility index (Phi) is 4.36. The third-order valence-corrected chi connectivity index (χ3v) is 4.62. The summed E-state index contributed by atoms with van der Waals surface area (Å²) < 4.78 is 0. The zero-order valence-electron chi connectivity index (χ0n) is 14.9. The van der Waals surface area contributed by atoms with Crippen molar-refractivity contribution in [3.05, 3.63) is 103 Å². The number of H-pyrrole nitrogens is 1. The van der Waals surface area contributed by atoms with Gasteiger partial charge in [0.1, 0.15) is 0 Å². The normalized spacial score (nSPS) is 10.8. The van der Waals surface area contributed by atoms with E-state index in [9.17, 15) is 25.0 Å². The minimum absolute atomic E-state index is 0.0643. The first-order chi connectivity index (χ1) is 14.0. The second-order valence-corrected chi connectivity index (χ2v) is 6.34. The quantitative estimate of drug-likeness (QED) is 0.403. The number of benzene rings is 3. The fourth-order valence-corrected chi connectivity index (χ4v) is 3.39. The smallest absolute Gasteiger partial charge is 0.284 e. The van der Waals surface area contributed by atoms with Gasteiger partial charge in [-0.15, -0.1) is 0 Å². The highest BCUT2D eigenvalue weighted by molar-refractivity contribution is 6.08. The van der Waals surface area contributed by atoms with Crippen LogP contribution in [0.3, 0.4) is 0 Å². The fraction of sp³-hybridized carbons (Fsp3) is 0. The summed E-state index contributed by atoms with van der Waals surface area (Å²) in [6.07, 6.45) is 0. The van der Waals surface area contributed by atoms with Crippen molar-refractivity contribution in [2.75, 3.05) is 0 Å². The molecule has 0 saturated carbocycles. The molecule has 0 spiro atoms. The van der Waals surface area contributed by atoms with Gasteiger partial charge < -0.3 is 4.98 Å². The van der Waals surface area contributed by atoms with Crippen molar-refractivity contribution in [3.8, 4) is 22.4 Å². The van der Waals surface area contributed by atoms with Crippen LogP contribution in [0.4, 0.5) is 11.4 Å². The molecule has 0 fully saturated rings. The van der Waals surface area contributed by atoms with E-state index in [1.807, 2.05) is 6.07 Å². The molecule has 8 heteroatoms. The number of rotatable bonds is 4. The van der Waals surface area contributed by atoms with E-state index < -0.39 is 26.8 Å². The minimum atomic E-state index is -0.751. The lowest BCUT2D eigenvalue weighted by molar-refractivity contribution is -0.393. The lowest BCUT2D eigenvalue weighted by Crippen LogP contribution is -2.11. The Morgan fingerprint density at radius 1 is 0.759 bits per heavy atom. The predicted molar refractivity (Wildman–Crippen MR) is 109 cm³/mol. The topological polar surface area (TPSA) is 119 Å². The molecular formula is C21H13N3O5. The molecular weight excluding hydrogens is 374 g/mol. The van der Waals surface area contributed by atoms with Crippen LogP contribution in [0.25, 0.3) is 33.2 Å². The Labute approximate surface area is 163 Å². The number of nitro groups is 2. The van der Waals surface area contributed by atoms with Crippen molar-refractivity contribution in [2.45, 2.75) is 0 Å². The SMILES string of the molecule is O=c1[nH]c(-c2ccccc2)c(-c2ccccc2)c2c([N+](=O)[O-])cc([N+](=O)[O-])cc12. The third-order valence-electron chi connectivity index (χ3n) is 4.62. The molecule has 29 heavy (non-hydrogen) atoms. The maximum Gasteiger partial charge on any atom is 0.284 e. The van der Waals surface area contributed by atoms with Crippen LogP contribution in [0.1, 0.15) is 0 Å². The summed E-state index contributed by atoms with van der Waals surface area (Å²) in [5, 5.41) is 23.0. The van der Waals surface area contributed by atoms with E-state index in [4.69, 9.17) is 0 Å². The summed E-state index contributed by atoms with van der Waals surface area (Å²) in [4.78, 5) is 37.2. The summed E-state index contributed by atoms with van der Waals surface area (Å²) in [7, 11) is 0. The Hall–Kier alpha value is -4.33. The van der Waals surface area contributed by atoms with Crippen molar-refractivity contribution in [3.63, 3.8) is 0 Å². The molecule has 1 heterocycles. The van der Waals surface area contributed by atoms with Gasteiger partial charge in [-0.3, -0.25) is 25.0 Å². The Morgan fingerprint density at radius 2 is 1.34 bits per heavy atom. The van der Waals surface area contributed by atoms with E-state index in [0.29, 0.717) is 22.4 Å². The van der Waals surface area contributed by atoms with E-state index in [2.05, 4.69) is 4.98 Å². The number of nitrogens with one attached hydrogen (secondary N) is 1. The lowest BCUT2D eigenvalue weighted by atomic mass is 9.93. The highest BCUT2D eigenvalue weighted by Gasteiger charge is 2.26. The molecule has 0 saturated heterocycles. The van der Waals surface area contributed by atoms with Gasteiger partial charge in [-0.05, 0) is 11.1 Å². The number of non-ortho nitro benzene ring substituents is 2. The molecule has 0 aliphatic heterocycles. The van der Waals surface area contributed by atoms with Gasteiger partial charge >= 0.3 is 0 Å². The standard InChI is InChI=1S/C21H13N3O5/c25-21-16-11-15(23(26)27)12-17(24(28)29)19(16)18(13-7-3-1-4-8-13)20(22-21)14-9-5-2-6-10-14/h1-12H,(H,22,25). The van der Waals surface area contributed by atoms with Gasteiger partial charge in [0.05, 0.1) is 32.4 Å². The highest BCUT2D eigenvalue weighted by atomic mass is 16.6. The number of hydrogen-bond donors (Lipinski definition) is 1. The summed E-state index contributed by atoms with van der Waals surface area (Å²) in [5.41, 5.74) is 0.518. The van der Waals surface area contributed by atoms with Gasteiger partial charge in [-0.1, -0.05) is 60.7 Å². The first-order valence-corrected chi connectivity index (χ1v) is 8.61. The molecule has 142 valence electrons. The van der Waals surface area contributed by atoms with E-state index in [-0.39, 0.29) is 10.8 Å². The predicted octanol–water partition coefficient (Wildman–Crippen LogP) is 4.68. The number of aromatic amines is 1.